The molecule has 0 aliphatic heterocycles. The van der Waals surface area contributed by atoms with Crippen LogP contribution < -0.4 is 5.56 Å². The Bertz CT molecular complexity index is 965. The van der Waals surface area contributed by atoms with E-state index >= 15 is 0 Å². The molecule has 3 aromatic rings. The van der Waals surface area contributed by atoms with Crippen molar-refractivity contribution in [3.8, 4) is 11.6 Å². The Morgan fingerprint density at radius 3 is 2.70 bits per heavy atom. The maximum atomic E-state index is 13.3. The summed E-state index contributed by atoms with van der Waals surface area (Å²) in [6, 6.07) is 6.86. The average Bonchev–Trinajstić information content (AvgIpc) is 2.85. The number of nitrogens with one attached hydrogen (secondary N) is 1. The molecule has 1 fully saturated rings. The minimum atomic E-state index is -2.68. The second-order valence-electron chi connectivity index (χ2n) is 6.08. The molecule has 2 heterocycles. The number of halogens is 2. The zero-order valence-electron chi connectivity index (χ0n) is 12.1. The minimum Gasteiger partial charge on any atom is -0.332 e. The van der Waals surface area contributed by atoms with Gasteiger partial charge in [0, 0.05) is 23.6 Å². The molecule has 23 heavy (non-hydrogen) atoms. The lowest BCUT2D eigenvalue weighted by Gasteiger charge is -2.05. The van der Waals surface area contributed by atoms with Gasteiger partial charge in [-0.25, -0.2) is 13.9 Å². The van der Waals surface area contributed by atoms with Crippen LogP contribution in [0.4, 0.5) is 8.78 Å². The zero-order valence-corrected chi connectivity index (χ0v) is 12.1. The number of alkyl halides is 2. The number of hydrogen-bond acceptors (Lipinski definition) is 5. The smallest absolute Gasteiger partial charge is 0.279 e. The van der Waals surface area contributed by atoms with Crippen LogP contribution in [0.5, 0.6) is 0 Å². The van der Waals surface area contributed by atoms with Gasteiger partial charge >= 0.3 is 0 Å². The van der Waals surface area contributed by atoms with Crippen molar-refractivity contribution in [2.24, 2.45) is 5.41 Å². The average molecular weight is 318 g/mol. The molecule has 1 unspecified atom stereocenters. The van der Waals surface area contributed by atoms with Gasteiger partial charge in [0.05, 0.1) is 5.39 Å². The summed E-state index contributed by atoms with van der Waals surface area (Å²) in [4.78, 5) is 15.9. The van der Waals surface area contributed by atoms with Gasteiger partial charge in [-0.2, -0.15) is 10.1 Å². The van der Waals surface area contributed by atoms with E-state index in [1.807, 2.05) is 0 Å². The highest BCUT2D eigenvalue weighted by Gasteiger charge is 2.67. The van der Waals surface area contributed by atoms with Crippen LogP contribution >= 0.6 is 0 Å². The maximum absolute atomic E-state index is 13.3. The molecule has 1 aliphatic rings. The first-order valence-electron chi connectivity index (χ1n) is 7.08. The minimum absolute atomic E-state index is 0.0325. The van der Waals surface area contributed by atoms with E-state index in [-0.39, 0.29) is 30.1 Å². The van der Waals surface area contributed by atoms with Crippen LogP contribution in [0.1, 0.15) is 19.2 Å². The fourth-order valence-corrected chi connectivity index (χ4v) is 2.69. The molecule has 8 heteroatoms. The SMILES string of the molecule is CC1(Cc2noc(-c3n[nH]c(=O)c4ccccc34)n2)CC1(F)F. The summed E-state index contributed by atoms with van der Waals surface area (Å²) in [6.07, 6.45) is -0.144. The Hall–Kier alpha value is -2.64. The first kappa shape index (κ1) is 14.0. The number of aromatic amines is 1. The van der Waals surface area contributed by atoms with Crippen LogP contribution in [-0.4, -0.2) is 26.3 Å². The first-order chi connectivity index (χ1) is 10.9. The highest BCUT2D eigenvalue weighted by atomic mass is 19.3. The van der Waals surface area contributed by atoms with Gasteiger partial charge in [0.1, 0.15) is 0 Å². The molecule has 4 rings (SSSR count). The van der Waals surface area contributed by atoms with Crippen molar-refractivity contribution in [2.45, 2.75) is 25.7 Å². The number of rotatable bonds is 3. The summed E-state index contributed by atoms with van der Waals surface area (Å²) in [5.74, 6) is -2.38. The fourth-order valence-electron chi connectivity index (χ4n) is 2.69. The van der Waals surface area contributed by atoms with Gasteiger partial charge < -0.3 is 4.52 Å². The lowest BCUT2D eigenvalue weighted by atomic mass is 10.0. The Morgan fingerprint density at radius 1 is 1.30 bits per heavy atom. The molecule has 0 radical (unpaired) electrons. The number of fused-ring (bicyclic) bond motifs is 1. The molecule has 0 bridgehead atoms. The summed E-state index contributed by atoms with van der Waals surface area (Å²) < 4.78 is 31.8. The van der Waals surface area contributed by atoms with Crippen molar-refractivity contribution in [1.82, 2.24) is 20.3 Å². The molecule has 1 aliphatic carbocycles. The van der Waals surface area contributed by atoms with Crippen molar-refractivity contribution in [3.05, 3.63) is 40.4 Å². The van der Waals surface area contributed by atoms with Crippen LogP contribution in [0.15, 0.2) is 33.6 Å². The third-order valence-electron chi connectivity index (χ3n) is 4.29. The maximum Gasteiger partial charge on any atom is 0.279 e. The molecule has 0 saturated heterocycles. The quantitative estimate of drug-likeness (QED) is 0.802. The van der Waals surface area contributed by atoms with Gasteiger partial charge in [-0.1, -0.05) is 30.3 Å². The van der Waals surface area contributed by atoms with Gasteiger partial charge in [-0.3, -0.25) is 4.79 Å². The highest BCUT2D eigenvalue weighted by molar-refractivity contribution is 5.91. The standard InChI is InChI=1S/C15H12F2N4O2/c1-14(7-15(14,16)17)6-10-18-13(23-21-10)11-8-4-2-3-5-9(8)12(22)20-19-11/h2-5H,6-7H2,1H3,(H,20,22). The highest BCUT2D eigenvalue weighted by Crippen LogP contribution is 2.61. The molecule has 6 nitrogen and oxygen atoms in total. The molecule has 118 valence electrons. The third kappa shape index (κ3) is 2.13. The third-order valence-corrected chi connectivity index (χ3v) is 4.29. The largest absolute Gasteiger partial charge is 0.332 e. The molecule has 2 aromatic heterocycles. The molecule has 1 N–H and O–H groups in total. The van der Waals surface area contributed by atoms with Crippen molar-refractivity contribution >= 4 is 10.8 Å². The van der Waals surface area contributed by atoms with Gasteiger partial charge in [0.15, 0.2) is 11.5 Å². The lowest BCUT2D eigenvalue weighted by Crippen LogP contribution is -2.11. The predicted molar refractivity (Wildman–Crippen MR) is 77.0 cm³/mol. The monoisotopic (exact) mass is 318 g/mol. The van der Waals surface area contributed by atoms with Crippen molar-refractivity contribution in [1.29, 1.82) is 0 Å². The van der Waals surface area contributed by atoms with Crippen LogP contribution in [-0.2, 0) is 6.42 Å². The van der Waals surface area contributed by atoms with Crippen molar-refractivity contribution in [2.75, 3.05) is 0 Å². The summed E-state index contributed by atoms with van der Waals surface area (Å²) in [6.45, 7) is 1.50. The van der Waals surface area contributed by atoms with Crippen molar-refractivity contribution < 1.29 is 13.3 Å². The van der Waals surface area contributed by atoms with E-state index in [1.165, 1.54) is 6.92 Å². The Kier molecular flexibility index (Phi) is 2.70. The second kappa shape index (κ2) is 4.43. The van der Waals surface area contributed by atoms with Gasteiger partial charge in [0.25, 0.3) is 17.4 Å². The molecule has 1 aromatic carbocycles. The van der Waals surface area contributed by atoms with Crippen molar-refractivity contribution in [3.63, 3.8) is 0 Å². The number of benzene rings is 1. The van der Waals surface area contributed by atoms with E-state index < -0.39 is 11.3 Å². The van der Waals surface area contributed by atoms with Gasteiger partial charge in [-0.15, -0.1) is 0 Å². The fraction of sp³-hybridized carbons (Fsp3) is 0.333. The van der Waals surface area contributed by atoms with Gasteiger partial charge in [0.2, 0.25) is 0 Å². The molecule has 1 saturated carbocycles. The Balaban J connectivity index is 1.73. The number of H-pyrrole nitrogens is 1. The van der Waals surface area contributed by atoms with E-state index in [9.17, 15) is 13.6 Å². The number of nitrogens with zero attached hydrogens (tertiary/aromatic N) is 3. The van der Waals surface area contributed by atoms with E-state index in [4.69, 9.17) is 4.52 Å². The summed E-state index contributed by atoms with van der Waals surface area (Å²) in [5.41, 5.74) is -1.12. The Morgan fingerprint density at radius 2 is 2.00 bits per heavy atom. The Labute approximate surface area is 128 Å². The van der Waals surface area contributed by atoms with Crippen LogP contribution in [0, 0.1) is 5.41 Å². The molecule has 1 atom stereocenters. The summed E-state index contributed by atoms with van der Waals surface area (Å²) in [5, 5.41) is 11.1. The van der Waals surface area contributed by atoms with E-state index in [0.717, 1.165) is 0 Å². The van der Waals surface area contributed by atoms with Gasteiger partial charge in [-0.05, 0) is 6.07 Å². The summed E-state index contributed by atoms with van der Waals surface area (Å²) >= 11 is 0. The molecular weight excluding hydrogens is 306 g/mol. The summed E-state index contributed by atoms with van der Waals surface area (Å²) in [7, 11) is 0. The van der Waals surface area contributed by atoms with Crippen LogP contribution in [0.3, 0.4) is 0 Å². The number of aromatic nitrogens is 4. The molecular formula is C15H12F2N4O2. The molecule has 0 spiro atoms. The van der Waals surface area contributed by atoms with E-state index in [2.05, 4.69) is 20.3 Å². The van der Waals surface area contributed by atoms with Crippen LogP contribution in [0.25, 0.3) is 22.4 Å². The topological polar surface area (TPSA) is 84.7 Å². The van der Waals surface area contributed by atoms with E-state index in [0.29, 0.717) is 16.5 Å². The normalized spacial score (nSPS) is 22.4. The van der Waals surface area contributed by atoms with Crippen LogP contribution in [0.2, 0.25) is 0 Å². The van der Waals surface area contributed by atoms with E-state index in [1.54, 1.807) is 24.3 Å². The predicted octanol–water partition coefficient (Wildman–Crippen LogP) is 2.56. The lowest BCUT2D eigenvalue weighted by molar-refractivity contribution is 0.0692. The second-order valence-corrected chi connectivity index (χ2v) is 6.08. The first-order valence-corrected chi connectivity index (χ1v) is 7.08. The number of hydrogen-bond donors (Lipinski definition) is 1. The zero-order chi connectivity index (χ0) is 16.2. The molecule has 0 amide bonds.